The van der Waals surface area contributed by atoms with Crippen LogP contribution >= 0.6 is 11.6 Å². The summed E-state index contributed by atoms with van der Waals surface area (Å²) in [6.07, 6.45) is 0.967. The number of hydrogen-bond acceptors (Lipinski definition) is 3. The normalized spacial score (nSPS) is 16.5. The monoisotopic (exact) mass is 386 g/mol. The summed E-state index contributed by atoms with van der Waals surface area (Å²) in [6.45, 7) is 2.94. The minimum absolute atomic E-state index is 0.0147. The second-order valence-corrected chi connectivity index (χ2v) is 7.23. The van der Waals surface area contributed by atoms with Gasteiger partial charge in [-0.25, -0.2) is 0 Å². The van der Waals surface area contributed by atoms with Gasteiger partial charge in [-0.3, -0.25) is 9.59 Å². The number of methoxy groups -OCH3 is 1. The number of ether oxygens (including phenoxy) is 1. The zero-order valence-corrected chi connectivity index (χ0v) is 16.3. The number of amides is 2. The largest absolute Gasteiger partial charge is 0.497 e. The van der Waals surface area contributed by atoms with Crippen molar-refractivity contribution < 1.29 is 14.3 Å². The molecule has 1 aliphatic rings. The van der Waals surface area contributed by atoms with Crippen molar-refractivity contribution in [2.45, 2.75) is 19.8 Å². The Morgan fingerprint density at radius 2 is 2.11 bits per heavy atom. The third-order valence-electron chi connectivity index (χ3n) is 4.85. The standard InChI is InChI=1S/C21H23ClN2O3/c1-14-6-7-17(22)12-19(14)23-21(26)16-11-20(25)24(13-16)9-8-15-4-3-5-18(10-15)27-2/h3-7,10,12,16H,8-9,11,13H2,1-2H3,(H,23,26). The molecule has 2 amide bonds. The summed E-state index contributed by atoms with van der Waals surface area (Å²) < 4.78 is 5.23. The Morgan fingerprint density at radius 1 is 1.30 bits per heavy atom. The Hall–Kier alpha value is -2.53. The summed E-state index contributed by atoms with van der Waals surface area (Å²) in [5.41, 5.74) is 2.73. The van der Waals surface area contributed by atoms with Crippen LogP contribution in [0.1, 0.15) is 17.5 Å². The molecule has 27 heavy (non-hydrogen) atoms. The lowest BCUT2D eigenvalue weighted by atomic mass is 10.1. The summed E-state index contributed by atoms with van der Waals surface area (Å²) in [7, 11) is 1.63. The molecule has 0 aromatic heterocycles. The molecule has 1 N–H and O–H groups in total. The van der Waals surface area contributed by atoms with Gasteiger partial charge in [-0.05, 0) is 48.7 Å². The molecule has 5 nitrogen and oxygen atoms in total. The summed E-state index contributed by atoms with van der Waals surface area (Å²) in [4.78, 5) is 26.6. The topological polar surface area (TPSA) is 58.6 Å². The Bertz CT molecular complexity index is 853. The minimum atomic E-state index is -0.346. The number of rotatable bonds is 6. The molecule has 142 valence electrons. The van der Waals surface area contributed by atoms with E-state index in [1.54, 1.807) is 24.1 Å². The van der Waals surface area contributed by atoms with Crippen molar-refractivity contribution in [2.75, 3.05) is 25.5 Å². The zero-order chi connectivity index (χ0) is 19.4. The SMILES string of the molecule is COc1cccc(CCN2CC(C(=O)Nc3cc(Cl)ccc3C)CC2=O)c1. The molecular weight excluding hydrogens is 364 g/mol. The minimum Gasteiger partial charge on any atom is -0.497 e. The molecule has 2 aromatic rings. The summed E-state index contributed by atoms with van der Waals surface area (Å²) in [5.74, 6) is 0.328. The van der Waals surface area contributed by atoms with E-state index in [1.807, 2.05) is 37.3 Å². The molecule has 3 rings (SSSR count). The highest BCUT2D eigenvalue weighted by Crippen LogP contribution is 2.24. The first-order chi connectivity index (χ1) is 13.0. The Kier molecular flexibility index (Phi) is 6.01. The van der Waals surface area contributed by atoms with E-state index in [9.17, 15) is 9.59 Å². The van der Waals surface area contributed by atoms with Crippen LogP contribution in [0.25, 0.3) is 0 Å². The molecule has 6 heteroatoms. The average Bonchev–Trinajstić information content (AvgIpc) is 3.04. The van der Waals surface area contributed by atoms with Crippen molar-refractivity contribution >= 4 is 29.1 Å². The number of carbonyl (C=O) groups is 2. The average molecular weight is 387 g/mol. The molecule has 0 spiro atoms. The van der Waals surface area contributed by atoms with Crippen molar-refractivity contribution in [3.63, 3.8) is 0 Å². The van der Waals surface area contributed by atoms with E-state index in [0.717, 1.165) is 23.3 Å². The van der Waals surface area contributed by atoms with Crippen molar-refractivity contribution in [1.82, 2.24) is 4.90 Å². The smallest absolute Gasteiger partial charge is 0.229 e. The van der Waals surface area contributed by atoms with Crippen LogP contribution in [-0.2, 0) is 16.0 Å². The highest BCUT2D eigenvalue weighted by Gasteiger charge is 2.34. The van der Waals surface area contributed by atoms with Gasteiger partial charge in [0.05, 0.1) is 13.0 Å². The molecular formula is C21H23ClN2O3. The van der Waals surface area contributed by atoms with Crippen LogP contribution in [0.2, 0.25) is 5.02 Å². The predicted octanol–water partition coefficient (Wildman–Crippen LogP) is 3.69. The lowest BCUT2D eigenvalue weighted by Crippen LogP contribution is -2.30. The third kappa shape index (κ3) is 4.80. The van der Waals surface area contributed by atoms with E-state index in [2.05, 4.69) is 5.32 Å². The van der Waals surface area contributed by atoms with Crippen LogP contribution in [0.4, 0.5) is 5.69 Å². The Labute approximate surface area is 164 Å². The maximum Gasteiger partial charge on any atom is 0.229 e. The van der Waals surface area contributed by atoms with Gasteiger partial charge >= 0.3 is 0 Å². The number of hydrogen-bond donors (Lipinski definition) is 1. The molecule has 1 atom stereocenters. The van der Waals surface area contributed by atoms with Gasteiger partial charge in [0.2, 0.25) is 11.8 Å². The fourth-order valence-electron chi connectivity index (χ4n) is 3.22. The molecule has 0 radical (unpaired) electrons. The second-order valence-electron chi connectivity index (χ2n) is 6.79. The quantitative estimate of drug-likeness (QED) is 0.823. The number of nitrogens with zero attached hydrogens (tertiary/aromatic N) is 1. The summed E-state index contributed by atoms with van der Waals surface area (Å²) in [6, 6.07) is 13.2. The van der Waals surface area contributed by atoms with Gasteiger partial charge in [0.1, 0.15) is 5.75 Å². The van der Waals surface area contributed by atoms with Crippen LogP contribution in [0, 0.1) is 12.8 Å². The highest BCUT2D eigenvalue weighted by molar-refractivity contribution is 6.31. The number of halogens is 1. The van der Waals surface area contributed by atoms with Gasteiger partial charge in [0.25, 0.3) is 0 Å². The Balaban J connectivity index is 1.57. The number of benzene rings is 2. The van der Waals surface area contributed by atoms with Gasteiger partial charge in [-0.1, -0.05) is 29.8 Å². The fourth-order valence-corrected chi connectivity index (χ4v) is 3.39. The first kappa shape index (κ1) is 19.2. The van der Waals surface area contributed by atoms with Crippen LogP contribution in [0.5, 0.6) is 5.75 Å². The van der Waals surface area contributed by atoms with Crippen molar-refractivity contribution in [3.8, 4) is 5.75 Å². The molecule has 1 unspecified atom stereocenters. The number of anilines is 1. The van der Waals surface area contributed by atoms with E-state index in [-0.39, 0.29) is 24.2 Å². The summed E-state index contributed by atoms with van der Waals surface area (Å²) in [5, 5.41) is 3.47. The van der Waals surface area contributed by atoms with E-state index in [1.165, 1.54) is 0 Å². The van der Waals surface area contributed by atoms with Crippen LogP contribution < -0.4 is 10.1 Å². The molecule has 1 aliphatic heterocycles. The lowest BCUT2D eigenvalue weighted by Gasteiger charge is -2.17. The van der Waals surface area contributed by atoms with E-state index < -0.39 is 0 Å². The first-order valence-corrected chi connectivity index (χ1v) is 9.32. The van der Waals surface area contributed by atoms with Crippen molar-refractivity contribution in [3.05, 3.63) is 58.6 Å². The zero-order valence-electron chi connectivity index (χ0n) is 15.5. The summed E-state index contributed by atoms with van der Waals surface area (Å²) >= 11 is 6.00. The van der Waals surface area contributed by atoms with Gasteiger partial charge in [-0.2, -0.15) is 0 Å². The van der Waals surface area contributed by atoms with E-state index >= 15 is 0 Å². The third-order valence-corrected chi connectivity index (χ3v) is 5.08. The molecule has 1 saturated heterocycles. The number of carbonyl (C=O) groups excluding carboxylic acids is 2. The molecule has 1 heterocycles. The number of nitrogens with one attached hydrogen (secondary N) is 1. The first-order valence-electron chi connectivity index (χ1n) is 8.94. The van der Waals surface area contributed by atoms with Gasteiger partial charge in [0, 0.05) is 30.2 Å². The highest BCUT2D eigenvalue weighted by atomic mass is 35.5. The van der Waals surface area contributed by atoms with Crippen LogP contribution in [0.3, 0.4) is 0 Å². The maximum absolute atomic E-state index is 12.6. The predicted molar refractivity (Wildman–Crippen MR) is 106 cm³/mol. The van der Waals surface area contributed by atoms with Gasteiger partial charge < -0.3 is 15.0 Å². The molecule has 2 aromatic carbocycles. The maximum atomic E-state index is 12.6. The fraction of sp³-hybridized carbons (Fsp3) is 0.333. The van der Waals surface area contributed by atoms with E-state index in [4.69, 9.17) is 16.3 Å². The molecule has 0 bridgehead atoms. The van der Waals surface area contributed by atoms with Crippen molar-refractivity contribution in [1.29, 1.82) is 0 Å². The number of likely N-dealkylation sites (tertiary alicyclic amines) is 1. The Morgan fingerprint density at radius 3 is 2.89 bits per heavy atom. The second kappa shape index (κ2) is 8.44. The van der Waals surface area contributed by atoms with E-state index in [0.29, 0.717) is 23.8 Å². The van der Waals surface area contributed by atoms with Gasteiger partial charge in [0.15, 0.2) is 0 Å². The lowest BCUT2D eigenvalue weighted by molar-refractivity contribution is -0.128. The molecule has 0 aliphatic carbocycles. The molecule has 0 saturated carbocycles. The van der Waals surface area contributed by atoms with Crippen molar-refractivity contribution in [2.24, 2.45) is 5.92 Å². The van der Waals surface area contributed by atoms with Crippen LogP contribution in [-0.4, -0.2) is 36.9 Å². The van der Waals surface area contributed by atoms with Crippen LogP contribution in [0.15, 0.2) is 42.5 Å². The molecule has 1 fully saturated rings. The number of aryl methyl sites for hydroxylation is 1. The van der Waals surface area contributed by atoms with Gasteiger partial charge in [-0.15, -0.1) is 0 Å².